The first-order valence-corrected chi connectivity index (χ1v) is 28.0. The summed E-state index contributed by atoms with van der Waals surface area (Å²) in [6, 6.07) is 3.79. The van der Waals surface area contributed by atoms with Gasteiger partial charge >= 0.3 is 0 Å². The van der Waals surface area contributed by atoms with Crippen LogP contribution in [0.4, 0.5) is 0 Å². The van der Waals surface area contributed by atoms with Crippen molar-refractivity contribution < 1.29 is 13.0 Å². The summed E-state index contributed by atoms with van der Waals surface area (Å²) in [7, 11) is -4.25. The second-order valence-corrected chi connectivity index (χ2v) is 20.1. The van der Waals surface area contributed by atoms with Gasteiger partial charge in [-0.25, -0.2) is 0 Å². The molecule has 4 heteroatoms. The molecule has 0 fully saturated rings. The highest BCUT2D eigenvalue weighted by molar-refractivity contribution is 7.85. The van der Waals surface area contributed by atoms with Gasteiger partial charge in [-0.15, -0.1) is 0 Å². The van der Waals surface area contributed by atoms with E-state index in [1.165, 1.54) is 262 Å². The second-order valence-electron chi connectivity index (χ2n) is 18.7. The molecule has 0 unspecified atom stereocenters. The fraction of sp³-hybridized carbons (Fsp3) is 0.889. The molecule has 0 saturated heterocycles. The molecule has 0 aromatic heterocycles. The summed E-state index contributed by atoms with van der Waals surface area (Å²) in [6.07, 6.45) is 59.1. The van der Waals surface area contributed by atoms with Crippen molar-refractivity contribution in [2.24, 2.45) is 0 Å². The van der Waals surface area contributed by atoms with E-state index in [0.717, 1.165) is 44.1 Å². The molecule has 0 saturated carbocycles. The Morgan fingerprint density at radius 2 is 0.534 bits per heavy atom. The monoisotopic (exact) mass is 831 g/mol. The van der Waals surface area contributed by atoms with E-state index in [0.29, 0.717) is 0 Å². The topological polar surface area (TPSA) is 54.4 Å². The SMILES string of the molecule is CCCCCCCCCCCCCCCCc1ccc(S(=O)(=O)O)c(CCCCCCCCCCCCCCCC)c1CCCCCCCCCCCCCCCC. The van der Waals surface area contributed by atoms with Crippen LogP contribution in [0.15, 0.2) is 17.0 Å². The molecule has 3 nitrogen and oxygen atoms in total. The highest BCUT2D eigenvalue weighted by Crippen LogP contribution is 2.29. The summed E-state index contributed by atoms with van der Waals surface area (Å²) in [6.45, 7) is 6.87. The number of hydrogen-bond acceptors (Lipinski definition) is 2. The highest BCUT2D eigenvalue weighted by Gasteiger charge is 2.21. The van der Waals surface area contributed by atoms with Crippen LogP contribution >= 0.6 is 0 Å². The molecule has 0 aliphatic carbocycles. The van der Waals surface area contributed by atoms with Crippen molar-refractivity contribution in [3.63, 3.8) is 0 Å². The van der Waals surface area contributed by atoms with Crippen molar-refractivity contribution in [3.05, 3.63) is 28.8 Å². The van der Waals surface area contributed by atoms with E-state index in [4.69, 9.17) is 0 Å². The Bertz CT molecular complexity index is 1110. The largest absolute Gasteiger partial charge is 0.294 e. The second kappa shape index (κ2) is 41.5. The number of rotatable bonds is 46. The normalized spacial score (nSPS) is 11.9. The minimum absolute atomic E-state index is 0.187. The summed E-state index contributed by atoms with van der Waals surface area (Å²) in [5, 5.41) is 0. The fourth-order valence-corrected chi connectivity index (χ4v) is 10.1. The van der Waals surface area contributed by atoms with Gasteiger partial charge in [-0.2, -0.15) is 8.42 Å². The van der Waals surface area contributed by atoms with Crippen LogP contribution in [0.3, 0.4) is 0 Å². The molecule has 0 aliphatic heterocycles. The molecule has 1 rings (SSSR count). The fourth-order valence-electron chi connectivity index (χ4n) is 9.28. The lowest BCUT2D eigenvalue weighted by molar-refractivity contribution is 0.481. The van der Waals surface area contributed by atoms with Gasteiger partial charge in [0.25, 0.3) is 10.1 Å². The summed E-state index contributed by atoms with van der Waals surface area (Å²) in [5.41, 5.74) is 3.55. The molecule has 0 spiro atoms. The van der Waals surface area contributed by atoms with Gasteiger partial charge in [0.2, 0.25) is 0 Å². The van der Waals surface area contributed by atoms with Gasteiger partial charge in [-0.3, -0.25) is 4.55 Å². The Balaban J connectivity index is 2.60. The van der Waals surface area contributed by atoms with E-state index in [9.17, 15) is 13.0 Å². The zero-order chi connectivity index (χ0) is 42.0. The maximum atomic E-state index is 12.7. The smallest absolute Gasteiger partial charge is 0.282 e. The molecule has 0 aliphatic rings. The Hall–Kier alpha value is -0.870. The van der Waals surface area contributed by atoms with Crippen LogP contribution in [-0.4, -0.2) is 13.0 Å². The maximum Gasteiger partial charge on any atom is 0.294 e. The minimum atomic E-state index is -4.25. The molecule has 0 atom stereocenters. The van der Waals surface area contributed by atoms with Gasteiger partial charge in [0.1, 0.15) is 0 Å². The van der Waals surface area contributed by atoms with Gasteiger partial charge in [0.15, 0.2) is 0 Å². The summed E-state index contributed by atoms with van der Waals surface area (Å²) in [4.78, 5) is 0.187. The lowest BCUT2D eigenvalue weighted by Crippen LogP contribution is -2.10. The van der Waals surface area contributed by atoms with E-state index in [1.807, 2.05) is 0 Å². The van der Waals surface area contributed by atoms with Crippen LogP contribution in [0.2, 0.25) is 0 Å². The van der Waals surface area contributed by atoms with Crippen LogP contribution < -0.4 is 0 Å². The zero-order valence-electron chi connectivity index (χ0n) is 39.6. The number of aryl methyl sites for hydroxylation is 1. The molecular weight excluding hydrogens is 729 g/mol. The van der Waals surface area contributed by atoms with Crippen LogP contribution in [0.25, 0.3) is 0 Å². The molecule has 0 heterocycles. The molecule has 1 aromatic carbocycles. The first-order valence-electron chi connectivity index (χ1n) is 26.6. The molecule has 0 amide bonds. The average Bonchev–Trinajstić information content (AvgIpc) is 3.21. The van der Waals surface area contributed by atoms with Crippen molar-refractivity contribution >= 4 is 10.1 Å². The predicted molar refractivity (Wildman–Crippen MR) is 258 cm³/mol. The van der Waals surface area contributed by atoms with Crippen LogP contribution in [0, 0.1) is 0 Å². The summed E-state index contributed by atoms with van der Waals surface area (Å²) >= 11 is 0. The van der Waals surface area contributed by atoms with E-state index in [1.54, 1.807) is 6.07 Å². The van der Waals surface area contributed by atoms with E-state index in [-0.39, 0.29) is 4.90 Å². The van der Waals surface area contributed by atoms with Crippen molar-refractivity contribution in [1.29, 1.82) is 0 Å². The van der Waals surface area contributed by atoms with Gasteiger partial charge in [-0.05, 0) is 61.3 Å². The third-order valence-electron chi connectivity index (χ3n) is 13.1. The summed E-state index contributed by atoms with van der Waals surface area (Å²) < 4.78 is 35.8. The Kier molecular flexibility index (Phi) is 39.4. The molecule has 1 aromatic rings. The van der Waals surface area contributed by atoms with Gasteiger partial charge in [0.05, 0.1) is 4.90 Å². The molecule has 0 bridgehead atoms. The van der Waals surface area contributed by atoms with Gasteiger partial charge in [-0.1, -0.05) is 277 Å². The first-order chi connectivity index (χ1) is 28.5. The third kappa shape index (κ3) is 32.8. The van der Waals surface area contributed by atoms with E-state index in [2.05, 4.69) is 26.8 Å². The van der Waals surface area contributed by atoms with Crippen LogP contribution in [0.1, 0.15) is 307 Å². The first kappa shape index (κ1) is 55.1. The Morgan fingerprint density at radius 3 is 0.793 bits per heavy atom. The number of hydrogen-bond donors (Lipinski definition) is 1. The summed E-state index contributed by atoms with van der Waals surface area (Å²) in [5.74, 6) is 0. The van der Waals surface area contributed by atoms with E-state index >= 15 is 0 Å². The van der Waals surface area contributed by atoms with Gasteiger partial charge in [0, 0.05) is 0 Å². The number of unbranched alkanes of at least 4 members (excludes halogenated alkanes) is 39. The minimum Gasteiger partial charge on any atom is -0.282 e. The van der Waals surface area contributed by atoms with Crippen molar-refractivity contribution in [3.8, 4) is 0 Å². The van der Waals surface area contributed by atoms with Crippen LogP contribution in [0.5, 0.6) is 0 Å². The quantitative estimate of drug-likeness (QED) is 0.0526. The predicted octanol–water partition coefficient (Wildman–Crippen LogP) is 19.0. The van der Waals surface area contributed by atoms with Crippen molar-refractivity contribution in [1.82, 2.24) is 0 Å². The Labute approximate surface area is 365 Å². The lowest BCUT2D eigenvalue weighted by atomic mass is 9.90. The van der Waals surface area contributed by atoms with Crippen molar-refractivity contribution in [2.75, 3.05) is 0 Å². The van der Waals surface area contributed by atoms with Crippen LogP contribution in [-0.2, 0) is 29.4 Å². The molecule has 342 valence electrons. The lowest BCUT2D eigenvalue weighted by Gasteiger charge is -2.18. The average molecular weight is 831 g/mol. The maximum absolute atomic E-state index is 12.7. The van der Waals surface area contributed by atoms with Gasteiger partial charge < -0.3 is 0 Å². The molecule has 58 heavy (non-hydrogen) atoms. The highest BCUT2D eigenvalue weighted by atomic mass is 32.2. The third-order valence-corrected chi connectivity index (χ3v) is 14.1. The van der Waals surface area contributed by atoms with E-state index < -0.39 is 10.1 Å². The number of benzene rings is 1. The Morgan fingerprint density at radius 1 is 0.310 bits per heavy atom. The van der Waals surface area contributed by atoms with Crippen molar-refractivity contribution in [2.45, 2.75) is 315 Å². The molecule has 1 N–H and O–H groups in total. The molecule has 0 radical (unpaired) electrons. The molecular formula is C54H102O3S. The standard InChI is InChI=1S/C54H102O3S/c1-4-7-10-13-16-19-22-25-28-31-34-37-40-43-46-51-49-50-54(58(55,56)57)53(48-45-42-39-36-33-30-27-24-21-18-15-12-9-6-3)52(51)47-44-41-38-35-32-29-26-23-20-17-14-11-8-5-2/h49-50H,4-48H2,1-3H3,(H,55,56,57). The zero-order valence-corrected chi connectivity index (χ0v) is 40.5.